The number of benzene rings is 2. The van der Waals surface area contributed by atoms with Gasteiger partial charge in [0.05, 0.1) is 0 Å². The summed E-state index contributed by atoms with van der Waals surface area (Å²) in [6.07, 6.45) is 0. The molecule has 0 aromatic heterocycles. The van der Waals surface area contributed by atoms with Crippen molar-refractivity contribution in [2.24, 2.45) is 0 Å². The van der Waals surface area contributed by atoms with Crippen molar-refractivity contribution in [1.29, 1.82) is 0 Å². The zero-order chi connectivity index (χ0) is 9.26. The summed E-state index contributed by atoms with van der Waals surface area (Å²) in [7, 11) is 0. The SMILES string of the molecule is ClCc1ccc2ccc(Cl)cc2c1. The van der Waals surface area contributed by atoms with Crippen molar-refractivity contribution >= 4 is 34.0 Å². The van der Waals surface area contributed by atoms with Gasteiger partial charge in [-0.05, 0) is 34.5 Å². The summed E-state index contributed by atoms with van der Waals surface area (Å²) >= 11 is 11.6. The summed E-state index contributed by atoms with van der Waals surface area (Å²) in [5, 5.41) is 3.10. The molecule has 0 nitrogen and oxygen atoms in total. The normalized spacial score (nSPS) is 10.6. The fourth-order valence-electron chi connectivity index (χ4n) is 1.35. The summed E-state index contributed by atoms with van der Waals surface area (Å²) in [6.45, 7) is 0. The number of rotatable bonds is 1. The number of halogens is 2. The third-order valence-corrected chi connectivity index (χ3v) is 2.56. The standard InChI is InChI=1S/C11H8Cl2/c12-7-8-1-2-9-3-4-11(13)6-10(9)5-8/h1-6H,7H2. The predicted octanol–water partition coefficient (Wildman–Crippen LogP) is 4.23. The molecular formula is C11H8Cl2. The van der Waals surface area contributed by atoms with Crippen molar-refractivity contribution in [1.82, 2.24) is 0 Å². The zero-order valence-corrected chi connectivity index (χ0v) is 8.44. The van der Waals surface area contributed by atoms with Crippen LogP contribution in [0.5, 0.6) is 0 Å². The molecule has 0 N–H and O–H groups in total. The van der Waals surface area contributed by atoms with E-state index in [9.17, 15) is 0 Å². The third kappa shape index (κ3) is 1.79. The van der Waals surface area contributed by atoms with Gasteiger partial charge in [0.25, 0.3) is 0 Å². The second-order valence-corrected chi connectivity index (χ2v) is 3.66. The van der Waals surface area contributed by atoms with Gasteiger partial charge in [-0.3, -0.25) is 0 Å². The van der Waals surface area contributed by atoms with Crippen LogP contribution in [-0.2, 0) is 5.88 Å². The molecule has 13 heavy (non-hydrogen) atoms. The van der Waals surface area contributed by atoms with Crippen molar-refractivity contribution < 1.29 is 0 Å². The molecule has 66 valence electrons. The van der Waals surface area contributed by atoms with Crippen LogP contribution in [0.4, 0.5) is 0 Å². The van der Waals surface area contributed by atoms with Gasteiger partial charge in [0, 0.05) is 10.9 Å². The number of hydrogen-bond donors (Lipinski definition) is 0. The average Bonchev–Trinajstić information content (AvgIpc) is 2.16. The number of hydrogen-bond acceptors (Lipinski definition) is 0. The lowest BCUT2D eigenvalue weighted by Crippen LogP contribution is -1.78. The largest absolute Gasteiger partial charge is 0.122 e. The summed E-state index contributed by atoms with van der Waals surface area (Å²) in [6, 6.07) is 12.0. The van der Waals surface area contributed by atoms with Gasteiger partial charge in [-0.2, -0.15) is 0 Å². The molecule has 0 unspecified atom stereocenters. The van der Waals surface area contributed by atoms with Gasteiger partial charge >= 0.3 is 0 Å². The molecule has 0 aliphatic carbocycles. The van der Waals surface area contributed by atoms with E-state index in [2.05, 4.69) is 12.1 Å². The monoisotopic (exact) mass is 210 g/mol. The Balaban J connectivity index is 2.68. The Bertz CT molecular complexity index is 435. The van der Waals surface area contributed by atoms with Gasteiger partial charge in [-0.25, -0.2) is 0 Å². The number of fused-ring (bicyclic) bond motifs is 1. The molecule has 0 atom stereocenters. The molecule has 0 radical (unpaired) electrons. The highest BCUT2D eigenvalue weighted by molar-refractivity contribution is 6.31. The Hall–Kier alpha value is -0.720. The lowest BCUT2D eigenvalue weighted by molar-refractivity contribution is 1.43. The van der Waals surface area contributed by atoms with Crippen LogP contribution in [0.15, 0.2) is 36.4 Å². The maximum Gasteiger partial charge on any atom is 0.0474 e. The van der Waals surface area contributed by atoms with E-state index in [1.165, 1.54) is 5.39 Å². The Morgan fingerprint density at radius 2 is 1.69 bits per heavy atom. The Labute approximate surface area is 87.1 Å². The molecule has 2 aromatic rings. The lowest BCUT2D eigenvalue weighted by atomic mass is 10.1. The van der Waals surface area contributed by atoms with Crippen molar-refractivity contribution in [3.05, 3.63) is 47.0 Å². The highest BCUT2D eigenvalue weighted by Gasteiger charge is 1.96. The Kier molecular flexibility index (Phi) is 2.43. The van der Waals surface area contributed by atoms with Gasteiger partial charge < -0.3 is 0 Å². The molecule has 2 aromatic carbocycles. The first-order chi connectivity index (χ1) is 6.29. The zero-order valence-electron chi connectivity index (χ0n) is 6.93. The van der Waals surface area contributed by atoms with Crippen molar-refractivity contribution in [2.75, 3.05) is 0 Å². The highest BCUT2D eigenvalue weighted by Crippen LogP contribution is 2.21. The molecule has 0 heterocycles. The molecule has 2 rings (SSSR count). The minimum atomic E-state index is 0.544. The van der Waals surface area contributed by atoms with E-state index in [0.717, 1.165) is 16.0 Å². The number of alkyl halides is 1. The van der Waals surface area contributed by atoms with E-state index in [1.54, 1.807) is 0 Å². The first-order valence-electron chi connectivity index (χ1n) is 4.04. The Morgan fingerprint density at radius 1 is 0.923 bits per heavy atom. The molecule has 0 fully saturated rings. The van der Waals surface area contributed by atoms with Crippen LogP contribution >= 0.6 is 23.2 Å². The molecule has 0 aliphatic rings. The summed E-state index contributed by atoms with van der Waals surface area (Å²) < 4.78 is 0. The molecule has 2 heteroatoms. The fourth-order valence-corrected chi connectivity index (χ4v) is 1.70. The van der Waals surface area contributed by atoms with Gasteiger partial charge in [0.15, 0.2) is 0 Å². The summed E-state index contributed by atoms with van der Waals surface area (Å²) in [5.74, 6) is 0.544. The van der Waals surface area contributed by atoms with Crippen LogP contribution in [-0.4, -0.2) is 0 Å². The maximum absolute atomic E-state index is 5.88. The van der Waals surface area contributed by atoms with Crippen LogP contribution in [0, 0.1) is 0 Å². The van der Waals surface area contributed by atoms with Crippen molar-refractivity contribution in [2.45, 2.75) is 5.88 Å². The van der Waals surface area contributed by atoms with Crippen LogP contribution in [0.3, 0.4) is 0 Å². The third-order valence-electron chi connectivity index (χ3n) is 2.02. The van der Waals surface area contributed by atoms with Gasteiger partial charge in [0.1, 0.15) is 0 Å². The van der Waals surface area contributed by atoms with Crippen LogP contribution in [0.1, 0.15) is 5.56 Å². The van der Waals surface area contributed by atoms with E-state index in [-0.39, 0.29) is 0 Å². The van der Waals surface area contributed by atoms with E-state index >= 15 is 0 Å². The van der Waals surface area contributed by atoms with E-state index in [1.807, 2.05) is 24.3 Å². The first kappa shape index (κ1) is 8.86. The molecule has 0 aliphatic heterocycles. The van der Waals surface area contributed by atoms with Gasteiger partial charge in [-0.1, -0.05) is 29.8 Å². The molecule has 0 amide bonds. The minimum Gasteiger partial charge on any atom is -0.122 e. The second kappa shape index (κ2) is 3.57. The summed E-state index contributed by atoms with van der Waals surface area (Å²) in [5.41, 5.74) is 1.12. The van der Waals surface area contributed by atoms with E-state index in [4.69, 9.17) is 23.2 Å². The molecular weight excluding hydrogens is 203 g/mol. The van der Waals surface area contributed by atoms with E-state index < -0.39 is 0 Å². The quantitative estimate of drug-likeness (QED) is 0.619. The van der Waals surface area contributed by atoms with Crippen molar-refractivity contribution in [3.63, 3.8) is 0 Å². The van der Waals surface area contributed by atoms with Gasteiger partial charge in [-0.15, -0.1) is 11.6 Å². The highest BCUT2D eigenvalue weighted by atomic mass is 35.5. The molecule has 0 spiro atoms. The van der Waals surface area contributed by atoms with Gasteiger partial charge in [0.2, 0.25) is 0 Å². The maximum atomic E-state index is 5.88. The van der Waals surface area contributed by atoms with Crippen molar-refractivity contribution in [3.8, 4) is 0 Å². The molecule has 0 saturated carbocycles. The van der Waals surface area contributed by atoms with Crippen LogP contribution in [0.2, 0.25) is 5.02 Å². The lowest BCUT2D eigenvalue weighted by Gasteiger charge is -2.00. The van der Waals surface area contributed by atoms with E-state index in [0.29, 0.717) is 5.88 Å². The minimum absolute atomic E-state index is 0.544. The van der Waals surface area contributed by atoms with Crippen LogP contribution < -0.4 is 0 Å². The Morgan fingerprint density at radius 3 is 2.46 bits per heavy atom. The second-order valence-electron chi connectivity index (χ2n) is 2.96. The fraction of sp³-hybridized carbons (Fsp3) is 0.0909. The average molecular weight is 211 g/mol. The molecule has 0 saturated heterocycles. The summed E-state index contributed by atoms with van der Waals surface area (Å²) in [4.78, 5) is 0. The first-order valence-corrected chi connectivity index (χ1v) is 4.95. The predicted molar refractivity (Wildman–Crippen MR) is 58.5 cm³/mol. The smallest absolute Gasteiger partial charge is 0.0474 e. The van der Waals surface area contributed by atoms with Crippen LogP contribution in [0.25, 0.3) is 10.8 Å². The topological polar surface area (TPSA) is 0 Å². The molecule has 0 bridgehead atoms.